The molecule has 2 atom stereocenters. The number of anilines is 1. The highest BCUT2D eigenvalue weighted by molar-refractivity contribution is 5.74. The van der Waals surface area contributed by atoms with Crippen LogP contribution in [0.25, 0.3) is 0 Å². The zero-order valence-corrected chi connectivity index (χ0v) is 11.6. The summed E-state index contributed by atoms with van der Waals surface area (Å²) < 4.78 is 0. The number of carboxylic acid groups (broad SMARTS) is 1. The van der Waals surface area contributed by atoms with Gasteiger partial charge < -0.3 is 10.4 Å². The molecule has 0 bridgehead atoms. The zero-order valence-electron chi connectivity index (χ0n) is 11.6. The Bertz CT molecular complexity index is 478. The number of hydrogen-bond donors (Lipinski definition) is 2. The van der Waals surface area contributed by atoms with Crippen molar-refractivity contribution in [3.63, 3.8) is 0 Å². The lowest BCUT2D eigenvalue weighted by Gasteiger charge is -2.16. The fourth-order valence-corrected chi connectivity index (χ4v) is 2.46. The highest BCUT2D eigenvalue weighted by Crippen LogP contribution is 2.21. The first-order valence-electron chi connectivity index (χ1n) is 6.53. The minimum atomic E-state index is -0.763. The van der Waals surface area contributed by atoms with Crippen molar-refractivity contribution in [2.45, 2.75) is 38.8 Å². The third-order valence-electron chi connectivity index (χ3n) is 3.54. The Balaban J connectivity index is 2.10. The molecule has 6 nitrogen and oxygen atoms in total. The molecule has 1 aromatic rings. The number of hydrogen-bond acceptors (Lipinski definition) is 5. The Kier molecular flexibility index (Phi) is 3.99. The second-order valence-electron chi connectivity index (χ2n) is 5.02. The molecule has 2 N–H and O–H groups in total. The maximum atomic E-state index is 11.1. The first-order valence-corrected chi connectivity index (χ1v) is 6.53. The average molecular weight is 264 g/mol. The summed E-state index contributed by atoms with van der Waals surface area (Å²) in [6.45, 7) is 4.62. The lowest BCUT2D eigenvalue weighted by molar-refractivity contribution is -0.141. The van der Waals surface area contributed by atoms with Crippen molar-refractivity contribution < 1.29 is 9.90 Å². The van der Waals surface area contributed by atoms with Crippen molar-refractivity contribution in [2.24, 2.45) is 0 Å². The highest BCUT2D eigenvalue weighted by Gasteiger charge is 2.34. The van der Waals surface area contributed by atoms with Gasteiger partial charge in [-0.25, -0.2) is 9.97 Å². The van der Waals surface area contributed by atoms with Crippen LogP contribution in [0.5, 0.6) is 0 Å². The summed E-state index contributed by atoms with van der Waals surface area (Å²) in [6, 6.07) is -0.295. The first kappa shape index (κ1) is 13.7. The summed E-state index contributed by atoms with van der Waals surface area (Å²) in [5.74, 6) is 0.793. The molecule has 0 spiro atoms. The van der Waals surface area contributed by atoms with E-state index in [4.69, 9.17) is 5.11 Å². The molecule has 104 valence electrons. The quantitative estimate of drug-likeness (QED) is 0.842. The van der Waals surface area contributed by atoms with E-state index in [-0.39, 0.29) is 6.04 Å². The van der Waals surface area contributed by atoms with Crippen molar-refractivity contribution in [1.82, 2.24) is 14.9 Å². The maximum absolute atomic E-state index is 11.1. The number of likely N-dealkylation sites (N-methyl/N-ethyl adjacent to an activating group) is 1. The molecule has 1 aliphatic rings. The summed E-state index contributed by atoms with van der Waals surface area (Å²) in [6.07, 6.45) is 3.28. The van der Waals surface area contributed by atoms with Crippen molar-refractivity contribution in [1.29, 1.82) is 0 Å². The lowest BCUT2D eigenvalue weighted by atomic mass is 10.1. The number of carbonyl (C=O) groups is 1. The minimum absolute atomic E-state index is 0.116. The van der Waals surface area contributed by atoms with Gasteiger partial charge >= 0.3 is 5.97 Å². The molecule has 6 heteroatoms. The molecular weight excluding hydrogens is 244 g/mol. The van der Waals surface area contributed by atoms with Gasteiger partial charge in [-0.2, -0.15) is 0 Å². The van der Waals surface area contributed by atoms with Crippen LogP contribution in [-0.4, -0.2) is 51.6 Å². The van der Waals surface area contributed by atoms with E-state index in [0.717, 1.165) is 23.6 Å². The predicted octanol–water partition coefficient (Wildman–Crippen LogP) is 0.917. The summed E-state index contributed by atoms with van der Waals surface area (Å²) in [4.78, 5) is 21.6. The van der Waals surface area contributed by atoms with Crippen LogP contribution in [0.3, 0.4) is 0 Å². The molecule has 1 aliphatic heterocycles. The van der Waals surface area contributed by atoms with Gasteiger partial charge in [0.1, 0.15) is 17.7 Å². The first-order chi connectivity index (χ1) is 9.01. The number of likely N-dealkylation sites (tertiary alicyclic amines) is 1. The average Bonchev–Trinajstić information content (AvgIpc) is 2.71. The third-order valence-corrected chi connectivity index (χ3v) is 3.54. The van der Waals surface area contributed by atoms with Crippen molar-refractivity contribution >= 4 is 11.8 Å². The Morgan fingerprint density at radius 3 is 2.95 bits per heavy atom. The normalized spacial score (nSPS) is 23.5. The van der Waals surface area contributed by atoms with Crippen LogP contribution in [-0.2, 0) is 11.2 Å². The molecule has 0 amide bonds. The van der Waals surface area contributed by atoms with E-state index in [2.05, 4.69) is 22.2 Å². The molecule has 0 saturated carbocycles. The lowest BCUT2D eigenvalue weighted by Crippen LogP contribution is -2.32. The summed E-state index contributed by atoms with van der Waals surface area (Å²) >= 11 is 0. The van der Waals surface area contributed by atoms with Crippen LogP contribution >= 0.6 is 0 Å². The molecule has 0 radical (unpaired) electrons. The van der Waals surface area contributed by atoms with E-state index in [1.807, 2.05) is 25.1 Å². The van der Waals surface area contributed by atoms with Crippen molar-refractivity contribution in [3.05, 3.63) is 17.6 Å². The smallest absolute Gasteiger partial charge is 0.320 e. The van der Waals surface area contributed by atoms with Crippen LogP contribution in [0, 0.1) is 6.92 Å². The maximum Gasteiger partial charge on any atom is 0.320 e. The number of nitrogens with one attached hydrogen (secondary N) is 1. The highest BCUT2D eigenvalue weighted by atomic mass is 16.4. The van der Waals surface area contributed by atoms with E-state index >= 15 is 0 Å². The number of aryl methyl sites for hydroxylation is 2. The topological polar surface area (TPSA) is 78.3 Å². The van der Waals surface area contributed by atoms with Crippen molar-refractivity contribution in [3.8, 4) is 0 Å². The van der Waals surface area contributed by atoms with E-state index in [0.29, 0.717) is 13.0 Å². The zero-order chi connectivity index (χ0) is 14.0. The van der Waals surface area contributed by atoms with Gasteiger partial charge in [-0.1, -0.05) is 6.92 Å². The van der Waals surface area contributed by atoms with E-state index in [1.54, 1.807) is 0 Å². The van der Waals surface area contributed by atoms with Gasteiger partial charge in [-0.15, -0.1) is 0 Å². The van der Waals surface area contributed by atoms with E-state index < -0.39 is 12.0 Å². The van der Waals surface area contributed by atoms with E-state index in [1.165, 1.54) is 0 Å². The molecule has 0 unspecified atom stereocenters. The largest absolute Gasteiger partial charge is 0.480 e. The second-order valence-corrected chi connectivity index (χ2v) is 5.02. The van der Waals surface area contributed by atoms with Crippen LogP contribution in [0.1, 0.15) is 24.7 Å². The van der Waals surface area contributed by atoms with Crippen LogP contribution in [0.2, 0.25) is 0 Å². The fourth-order valence-electron chi connectivity index (χ4n) is 2.46. The second kappa shape index (κ2) is 5.52. The molecule has 2 rings (SSSR count). The van der Waals surface area contributed by atoms with Crippen LogP contribution < -0.4 is 5.32 Å². The van der Waals surface area contributed by atoms with Crippen molar-refractivity contribution in [2.75, 3.05) is 18.9 Å². The Morgan fingerprint density at radius 1 is 1.63 bits per heavy atom. The van der Waals surface area contributed by atoms with Gasteiger partial charge in [-0.3, -0.25) is 9.69 Å². The SMILES string of the molecule is CCc1cnc(C)nc1N[C@@H]1C[C@@H](C(=O)O)N(C)C1. The van der Waals surface area contributed by atoms with Gasteiger partial charge in [0, 0.05) is 24.3 Å². The Hall–Kier alpha value is -1.69. The Morgan fingerprint density at radius 2 is 2.37 bits per heavy atom. The van der Waals surface area contributed by atoms with Gasteiger partial charge in [0.25, 0.3) is 0 Å². The van der Waals surface area contributed by atoms with Gasteiger partial charge in [0.05, 0.1) is 0 Å². The summed E-state index contributed by atoms with van der Waals surface area (Å²) in [5, 5.41) is 12.5. The van der Waals surface area contributed by atoms with Crippen LogP contribution in [0.15, 0.2) is 6.20 Å². The molecule has 2 heterocycles. The fraction of sp³-hybridized carbons (Fsp3) is 0.615. The monoisotopic (exact) mass is 264 g/mol. The number of carboxylic acids is 1. The molecule has 19 heavy (non-hydrogen) atoms. The predicted molar refractivity (Wildman–Crippen MR) is 72.2 cm³/mol. The summed E-state index contributed by atoms with van der Waals surface area (Å²) in [7, 11) is 1.84. The standard InChI is InChI=1S/C13H20N4O2/c1-4-9-6-14-8(2)15-12(9)16-10-5-11(13(18)19)17(3)7-10/h6,10-11H,4-5,7H2,1-3H3,(H,18,19)(H,14,15,16)/t10-,11+/m1/s1. The molecule has 1 fully saturated rings. The third kappa shape index (κ3) is 3.01. The number of aromatic nitrogens is 2. The Labute approximate surface area is 112 Å². The number of rotatable bonds is 4. The number of nitrogens with zero attached hydrogens (tertiary/aromatic N) is 3. The molecule has 0 aromatic carbocycles. The molecular formula is C13H20N4O2. The minimum Gasteiger partial charge on any atom is -0.480 e. The molecule has 0 aliphatic carbocycles. The molecule has 1 saturated heterocycles. The van der Waals surface area contributed by atoms with Crippen LogP contribution in [0.4, 0.5) is 5.82 Å². The van der Waals surface area contributed by atoms with E-state index in [9.17, 15) is 4.79 Å². The van der Waals surface area contributed by atoms with Gasteiger partial charge in [-0.05, 0) is 26.8 Å². The van der Waals surface area contributed by atoms with Gasteiger partial charge in [0.15, 0.2) is 0 Å². The summed E-state index contributed by atoms with van der Waals surface area (Å²) in [5.41, 5.74) is 1.06. The molecule has 1 aromatic heterocycles. The van der Waals surface area contributed by atoms with Gasteiger partial charge in [0.2, 0.25) is 0 Å². The number of aliphatic carboxylic acids is 1.